The minimum Gasteiger partial charge on any atom is -0.490 e. The minimum absolute atomic E-state index is 0.658. The molecule has 0 fully saturated rings. The summed E-state index contributed by atoms with van der Waals surface area (Å²) in [7, 11) is 0. The van der Waals surface area contributed by atoms with Crippen LogP contribution in [0.1, 0.15) is 46.5 Å². The smallest absolute Gasteiger partial charge is 0.112 e. The average molecular weight is 232 g/mol. The Morgan fingerprint density at radius 1 is 0.941 bits per heavy atom. The highest BCUT2D eigenvalue weighted by molar-refractivity contribution is 5.16. The molecule has 0 spiro atoms. The van der Waals surface area contributed by atoms with Crippen molar-refractivity contribution in [2.45, 2.75) is 46.5 Å². The van der Waals surface area contributed by atoms with Crippen molar-refractivity contribution in [3.8, 4) is 0 Å². The summed E-state index contributed by atoms with van der Waals surface area (Å²) in [6.45, 7) is 11.1. The van der Waals surface area contributed by atoms with E-state index in [1.807, 2.05) is 6.08 Å². The highest BCUT2D eigenvalue weighted by atomic mass is 16.5. The van der Waals surface area contributed by atoms with Gasteiger partial charge < -0.3 is 4.74 Å². The standard InChI is InChI=1S/C16H24O/c1-13-7-5-9-14(2)11-16(4)17-12-15(3)10-6-8-13/h7,10-11H,4-6,8-9,12H2,1-3H3/b13-7+,14-11+,15-10+. The molecule has 0 aromatic rings. The zero-order valence-electron chi connectivity index (χ0n) is 11.4. The van der Waals surface area contributed by atoms with Crippen LogP contribution >= 0.6 is 0 Å². The Hall–Kier alpha value is -1.24. The fourth-order valence-electron chi connectivity index (χ4n) is 1.85. The molecule has 0 unspecified atom stereocenters. The third-order valence-corrected chi connectivity index (χ3v) is 2.96. The lowest BCUT2D eigenvalue weighted by Gasteiger charge is -2.07. The third-order valence-electron chi connectivity index (χ3n) is 2.96. The van der Waals surface area contributed by atoms with Crippen LogP contribution in [0.5, 0.6) is 0 Å². The van der Waals surface area contributed by atoms with E-state index < -0.39 is 0 Å². The summed E-state index contributed by atoms with van der Waals surface area (Å²) in [6.07, 6.45) is 11.1. The predicted molar refractivity (Wildman–Crippen MR) is 74.8 cm³/mol. The second-order valence-electron chi connectivity index (χ2n) is 4.92. The van der Waals surface area contributed by atoms with Crippen molar-refractivity contribution >= 4 is 0 Å². The zero-order chi connectivity index (χ0) is 12.7. The Labute approximate surface area is 106 Å². The summed E-state index contributed by atoms with van der Waals surface area (Å²) in [5.41, 5.74) is 4.10. The topological polar surface area (TPSA) is 9.23 Å². The summed E-state index contributed by atoms with van der Waals surface area (Å²) in [5, 5.41) is 0. The Morgan fingerprint density at radius 2 is 1.53 bits per heavy atom. The van der Waals surface area contributed by atoms with Gasteiger partial charge in [-0.15, -0.1) is 0 Å². The monoisotopic (exact) mass is 232 g/mol. The molecule has 0 saturated heterocycles. The summed E-state index contributed by atoms with van der Waals surface area (Å²) in [5.74, 6) is 0.773. The maximum absolute atomic E-state index is 5.61. The molecule has 0 aliphatic carbocycles. The largest absolute Gasteiger partial charge is 0.490 e. The van der Waals surface area contributed by atoms with Gasteiger partial charge in [-0.25, -0.2) is 0 Å². The lowest BCUT2D eigenvalue weighted by molar-refractivity contribution is 0.254. The Bertz CT molecular complexity index is 356. The molecule has 17 heavy (non-hydrogen) atoms. The van der Waals surface area contributed by atoms with Gasteiger partial charge in [0.2, 0.25) is 0 Å². The van der Waals surface area contributed by atoms with Crippen LogP contribution in [0.25, 0.3) is 0 Å². The maximum atomic E-state index is 5.61. The van der Waals surface area contributed by atoms with Gasteiger partial charge in [0.15, 0.2) is 0 Å². The average Bonchev–Trinajstić information content (AvgIpc) is 2.26. The van der Waals surface area contributed by atoms with Crippen molar-refractivity contribution < 1.29 is 4.74 Å². The van der Waals surface area contributed by atoms with Crippen LogP contribution in [-0.4, -0.2) is 6.61 Å². The highest BCUT2D eigenvalue weighted by Gasteiger charge is 1.98. The molecular formula is C16H24O. The highest BCUT2D eigenvalue weighted by Crippen LogP contribution is 2.14. The van der Waals surface area contributed by atoms with E-state index in [0.29, 0.717) is 6.61 Å². The van der Waals surface area contributed by atoms with Gasteiger partial charge in [-0.1, -0.05) is 29.9 Å². The molecule has 0 N–H and O–H groups in total. The van der Waals surface area contributed by atoms with Gasteiger partial charge in [0.25, 0.3) is 0 Å². The van der Waals surface area contributed by atoms with Crippen molar-refractivity contribution in [3.63, 3.8) is 0 Å². The molecule has 0 amide bonds. The quantitative estimate of drug-likeness (QED) is 0.538. The molecule has 1 heterocycles. The summed E-state index contributed by atoms with van der Waals surface area (Å²) in [4.78, 5) is 0. The first-order valence-corrected chi connectivity index (χ1v) is 6.38. The second kappa shape index (κ2) is 7.16. The van der Waals surface area contributed by atoms with Crippen molar-refractivity contribution in [2.75, 3.05) is 6.61 Å². The van der Waals surface area contributed by atoms with Crippen LogP contribution in [0.2, 0.25) is 0 Å². The molecule has 0 aromatic carbocycles. The van der Waals surface area contributed by atoms with E-state index in [-0.39, 0.29) is 0 Å². The molecule has 1 aliphatic rings. The van der Waals surface area contributed by atoms with Crippen LogP contribution in [0.15, 0.2) is 47.3 Å². The minimum atomic E-state index is 0.658. The van der Waals surface area contributed by atoms with E-state index in [1.165, 1.54) is 16.7 Å². The Balaban J connectivity index is 2.72. The first kappa shape index (κ1) is 13.8. The zero-order valence-corrected chi connectivity index (χ0v) is 11.4. The number of hydrogen-bond donors (Lipinski definition) is 0. The molecule has 0 saturated carbocycles. The first-order chi connectivity index (χ1) is 8.08. The number of rotatable bonds is 0. The lowest BCUT2D eigenvalue weighted by atomic mass is 10.1. The predicted octanol–water partition coefficient (Wildman–Crippen LogP) is 4.93. The summed E-state index contributed by atoms with van der Waals surface area (Å²) >= 11 is 0. The van der Waals surface area contributed by atoms with E-state index >= 15 is 0 Å². The van der Waals surface area contributed by atoms with Gasteiger partial charge in [-0.05, 0) is 58.1 Å². The lowest BCUT2D eigenvalue weighted by Crippen LogP contribution is -1.94. The van der Waals surface area contributed by atoms with E-state index in [1.54, 1.807) is 0 Å². The maximum Gasteiger partial charge on any atom is 0.112 e. The Kier molecular flexibility index (Phi) is 5.82. The third kappa shape index (κ3) is 6.15. The van der Waals surface area contributed by atoms with Crippen LogP contribution in [-0.2, 0) is 4.74 Å². The SMILES string of the molecule is C=C1/C=C(\C)CC/C=C(\C)CC/C=C(\C)CO1. The van der Waals surface area contributed by atoms with E-state index in [9.17, 15) is 0 Å². The second-order valence-corrected chi connectivity index (χ2v) is 4.92. The molecule has 1 rings (SSSR count). The van der Waals surface area contributed by atoms with E-state index in [0.717, 1.165) is 31.4 Å². The van der Waals surface area contributed by atoms with Crippen LogP contribution in [0.4, 0.5) is 0 Å². The fourth-order valence-corrected chi connectivity index (χ4v) is 1.85. The van der Waals surface area contributed by atoms with Crippen LogP contribution in [0, 0.1) is 0 Å². The van der Waals surface area contributed by atoms with Gasteiger partial charge in [0, 0.05) is 0 Å². The molecule has 0 radical (unpaired) electrons. The molecule has 0 aromatic heterocycles. The van der Waals surface area contributed by atoms with Gasteiger partial charge in [-0.2, -0.15) is 0 Å². The van der Waals surface area contributed by atoms with Crippen LogP contribution < -0.4 is 0 Å². The normalized spacial score (nSPS) is 29.1. The number of hydrogen-bond acceptors (Lipinski definition) is 1. The number of allylic oxidation sites excluding steroid dienone is 5. The van der Waals surface area contributed by atoms with Gasteiger partial charge >= 0.3 is 0 Å². The van der Waals surface area contributed by atoms with Crippen molar-refractivity contribution in [2.24, 2.45) is 0 Å². The Morgan fingerprint density at radius 3 is 2.24 bits per heavy atom. The van der Waals surface area contributed by atoms with Crippen molar-refractivity contribution in [3.05, 3.63) is 47.3 Å². The van der Waals surface area contributed by atoms with E-state index in [2.05, 4.69) is 39.5 Å². The first-order valence-electron chi connectivity index (χ1n) is 6.38. The van der Waals surface area contributed by atoms with E-state index in [4.69, 9.17) is 4.74 Å². The van der Waals surface area contributed by atoms with Crippen LogP contribution in [0.3, 0.4) is 0 Å². The molecule has 1 heteroatoms. The number of ether oxygens (including phenoxy) is 1. The summed E-state index contributed by atoms with van der Waals surface area (Å²) < 4.78 is 5.61. The van der Waals surface area contributed by atoms with Crippen molar-refractivity contribution in [1.82, 2.24) is 0 Å². The molecule has 1 aliphatic heterocycles. The molecule has 94 valence electrons. The van der Waals surface area contributed by atoms with Gasteiger partial charge in [0.1, 0.15) is 12.4 Å². The van der Waals surface area contributed by atoms with Gasteiger partial charge in [-0.3, -0.25) is 0 Å². The van der Waals surface area contributed by atoms with Gasteiger partial charge in [0.05, 0.1) is 0 Å². The molecular weight excluding hydrogens is 208 g/mol. The fraction of sp³-hybridized carbons (Fsp3) is 0.500. The molecule has 0 atom stereocenters. The summed E-state index contributed by atoms with van der Waals surface area (Å²) in [6, 6.07) is 0. The van der Waals surface area contributed by atoms with Crippen molar-refractivity contribution in [1.29, 1.82) is 0 Å². The molecule has 0 bridgehead atoms. The molecule has 1 nitrogen and oxygen atoms in total.